The number of amides is 1. The van der Waals surface area contributed by atoms with Crippen LogP contribution in [0.25, 0.3) is 10.4 Å². The van der Waals surface area contributed by atoms with Crippen LogP contribution in [0.5, 0.6) is 0 Å². The van der Waals surface area contributed by atoms with Gasteiger partial charge < -0.3 is 0 Å². The van der Waals surface area contributed by atoms with Gasteiger partial charge in [-0.15, -0.1) is 16.4 Å². The number of carbonyl (C=O) groups is 1. The molecule has 0 aliphatic carbocycles. The average Bonchev–Trinajstić information content (AvgIpc) is 3.58. The normalized spacial score (nSPS) is 12.5. The van der Waals surface area contributed by atoms with E-state index in [-0.39, 0.29) is 13.0 Å². The summed E-state index contributed by atoms with van der Waals surface area (Å²) < 4.78 is 24.9. The van der Waals surface area contributed by atoms with E-state index < -0.39 is 23.2 Å². The molecule has 0 spiro atoms. The molecule has 0 radical (unpaired) electrons. The fraction of sp³-hybridized carbons (Fsp3) is 0.167. The van der Waals surface area contributed by atoms with Gasteiger partial charge in [0.1, 0.15) is 10.7 Å². The van der Waals surface area contributed by atoms with Gasteiger partial charge in [-0.05, 0) is 41.8 Å². The number of hydrogen-bond acceptors (Lipinski definition) is 7. The van der Waals surface area contributed by atoms with Crippen LogP contribution < -0.4 is 9.79 Å². The molecule has 2 aromatic carbocycles. The monoisotopic (exact) mass is 522 g/mol. The first kappa shape index (κ1) is 25.2. The summed E-state index contributed by atoms with van der Waals surface area (Å²) in [4.78, 5) is 12.9. The van der Waals surface area contributed by atoms with E-state index in [4.69, 9.17) is 10.5 Å². The molecule has 2 aromatic heterocycles. The minimum Gasteiger partial charge on any atom is -0.289 e. The van der Waals surface area contributed by atoms with E-state index in [1.54, 1.807) is 42.0 Å². The summed E-state index contributed by atoms with van der Waals surface area (Å²) in [6.45, 7) is 0.0215. The fourth-order valence-electron chi connectivity index (χ4n) is 3.65. The van der Waals surface area contributed by atoms with Crippen molar-refractivity contribution in [3.05, 3.63) is 89.7 Å². The molecule has 0 saturated carbocycles. The highest BCUT2D eigenvalue weighted by Gasteiger charge is 2.21. The van der Waals surface area contributed by atoms with Gasteiger partial charge in [-0.2, -0.15) is 5.26 Å². The molecule has 0 fully saturated rings. The molecule has 1 amide bonds. The van der Waals surface area contributed by atoms with Crippen molar-refractivity contribution in [3.63, 3.8) is 0 Å². The van der Waals surface area contributed by atoms with Gasteiger partial charge in [0.15, 0.2) is 0 Å². The number of carbonyl (C=O) groups excluding carboxylic acids is 1. The van der Waals surface area contributed by atoms with Crippen LogP contribution in [0.2, 0.25) is 0 Å². The molecule has 3 N–H and O–H groups in total. The molecule has 12 heteroatoms. The van der Waals surface area contributed by atoms with Crippen LogP contribution in [-0.2, 0) is 29.0 Å². The zero-order chi connectivity index (χ0) is 25.5. The molecule has 0 bridgehead atoms. The molecule has 4 rings (SSSR count). The molecule has 10 nitrogen and oxygen atoms in total. The summed E-state index contributed by atoms with van der Waals surface area (Å²) >= 11 is -0.916. The highest BCUT2D eigenvalue weighted by Crippen LogP contribution is 2.34. The molecule has 4 aromatic rings. The topological polar surface area (TPSA) is 144 Å². The Bertz CT molecular complexity index is 1380. The third-order valence-corrected chi connectivity index (χ3v) is 7.40. The van der Waals surface area contributed by atoms with Crippen molar-refractivity contribution in [2.45, 2.75) is 25.4 Å². The smallest absolute Gasteiger partial charge is 0.262 e. The van der Waals surface area contributed by atoms with Crippen molar-refractivity contribution in [2.24, 2.45) is 0 Å². The quantitative estimate of drug-likeness (QED) is 0.164. The van der Waals surface area contributed by atoms with Gasteiger partial charge in [0.2, 0.25) is 5.91 Å². The standard InChI is InChI=1S/C24H22N6O4S2/c25-14-18-8-6-17(7-9-18)12-21(13-23(31)27-32)29-15-20(26-28-29)16-30(36(33)34)24-11-10-22(35-24)19-4-2-1-3-5-19/h1-11,15,21,32H,12-13,16H2,(H,27,31)(H,33,34)/t21-/m0/s1. The second-order valence-electron chi connectivity index (χ2n) is 7.87. The molecule has 1 unspecified atom stereocenters. The number of hydrogen-bond donors (Lipinski definition) is 3. The highest BCUT2D eigenvalue weighted by atomic mass is 32.2. The maximum absolute atomic E-state index is 12.2. The van der Waals surface area contributed by atoms with E-state index in [1.165, 1.54) is 20.3 Å². The summed E-state index contributed by atoms with van der Waals surface area (Å²) in [6.07, 6.45) is 1.94. The largest absolute Gasteiger partial charge is 0.289 e. The molecule has 0 aliphatic rings. The molecule has 36 heavy (non-hydrogen) atoms. The van der Waals surface area contributed by atoms with Gasteiger partial charge >= 0.3 is 0 Å². The van der Waals surface area contributed by atoms with Crippen molar-refractivity contribution in [1.82, 2.24) is 20.5 Å². The van der Waals surface area contributed by atoms with E-state index >= 15 is 0 Å². The van der Waals surface area contributed by atoms with Crippen LogP contribution in [0.15, 0.2) is 72.9 Å². The number of aromatic nitrogens is 3. The van der Waals surface area contributed by atoms with E-state index in [1.807, 2.05) is 36.4 Å². The summed E-state index contributed by atoms with van der Waals surface area (Å²) in [5.74, 6) is -0.587. The second kappa shape index (κ2) is 11.7. The Balaban J connectivity index is 1.53. The minimum atomic E-state index is -2.30. The van der Waals surface area contributed by atoms with E-state index in [2.05, 4.69) is 16.4 Å². The first-order chi connectivity index (χ1) is 17.5. The Labute approximate surface area is 213 Å². The lowest BCUT2D eigenvalue weighted by molar-refractivity contribution is -0.130. The van der Waals surface area contributed by atoms with E-state index in [0.29, 0.717) is 22.7 Å². The van der Waals surface area contributed by atoms with Gasteiger partial charge in [-0.1, -0.05) is 47.7 Å². The maximum atomic E-state index is 12.2. The number of rotatable bonds is 10. The van der Waals surface area contributed by atoms with Gasteiger partial charge in [-0.3, -0.25) is 18.9 Å². The van der Waals surface area contributed by atoms with Crippen LogP contribution in [0.4, 0.5) is 5.00 Å². The van der Waals surface area contributed by atoms with Crippen LogP contribution >= 0.6 is 11.3 Å². The molecular weight excluding hydrogens is 500 g/mol. The third kappa shape index (κ3) is 6.21. The van der Waals surface area contributed by atoms with Crippen LogP contribution in [0, 0.1) is 11.3 Å². The average molecular weight is 523 g/mol. The lowest BCUT2D eigenvalue weighted by Crippen LogP contribution is -2.25. The van der Waals surface area contributed by atoms with Crippen molar-refractivity contribution < 1.29 is 18.8 Å². The lowest BCUT2D eigenvalue weighted by Gasteiger charge is -2.17. The SMILES string of the molecule is N#Cc1ccc(C[C@@H](CC(=O)NO)n2cc(CN(c3ccc(-c4ccccc4)s3)S(=O)O)nn2)cc1. The van der Waals surface area contributed by atoms with Crippen molar-refractivity contribution in [3.8, 4) is 16.5 Å². The Morgan fingerprint density at radius 2 is 1.92 bits per heavy atom. The van der Waals surface area contributed by atoms with E-state index in [9.17, 15) is 13.6 Å². The van der Waals surface area contributed by atoms with Crippen molar-refractivity contribution in [2.75, 3.05) is 4.31 Å². The van der Waals surface area contributed by atoms with Crippen LogP contribution in [0.1, 0.15) is 29.3 Å². The van der Waals surface area contributed by atoms with Gasteiger partial charge in [-0.25, -0.2) is 14.4 Å². The Morgan fingerprint density at radius 1 is 1.17 bits per heavy atom. The summed E-state index contributed by atoms with van der Waals surface area (Å²) in [7, 11) is 0. The van der Waals surface area contributed by atoms with Crippen LogP contribution in [-0.4, -0.2) is 34.9 Å². The number of nitrogens with one attached hydrogen (secondary N) is 1. The number of thiophene rings is 1. The maximum Gasteiger partial charge on any atom is 0.262 e. The molecule has 2 heterocycles. The zero-order valence-corrected chi connectivity index (χ0v) is 20.5. The summed E-state index contributed by atoms with van der Waals surface area (Å²) in [5, 5.41) is 26.9. The first-order valence-corrected chi connectivity index (χ1v) is 12.7. The summed E-state index contributed by atoms with van der Waals surface area (Å²) in [5.41, 5.74) is 4.47. The number of nitriles is 1. The Morgan fingerprint density at radius 3 is 2.58 bits per heavy atom. The lowest BCUT2D eigenvalue weighted by atomic mass is 10.0. The van der Waals surface area contributed by atoms with Gasteiger partial charge in [0.25, 0.3) is 11.3 Å². The van der Waals surface area contributed by atoms with Gasteiger partial charge in [0, 0.05) is 4.88 Å². The Kier molecular flexibility index (Phi) is 8.19. The molecule has 0 saturated heterocycles. The van der Waals surface area contributed by atoms with Gasteiger partial charge in [0.05, 0.1) is 36.8 Å². The predicted octanol–water partition coefficient (Wildman–Crippen LogP) is 3.70. The van der Waals surface area contributed by atoms with E-state index in [0.717, 1.165) is 16.0 Å². The fourth-order valence-corrected chi connectivity index (χ4v) is 5.33. The van der Waals surface area contributed by atoms with Crippen molar-refractivity contribution in [1.29, 1.82) is 5.26 Å². The first-order valence-electron chi connectivity index (χ1n) is 10.8. The third-order valence-electron chi connectivity index (χ3n) is 5.42. The minimum absolute atomic E-state index is 0.0215. The second-order valence-corrected chi connectivity index (χ2v) is 9.83. The predicted molar refractivity (Wildman–Crippen MR) is 135 cm³/mol. The summed E-state index contributed by atoms with van der Waals surface area (Å²) in [6, 6.07) is 21.9. The molecular formula is C24H22N6O4S2. The highest BCUT2D eigenvalue weighted by molar-refractivity contribution is 7.81. The number of hydroxylamine groups is 1. The molecule has 0 aliphatic heterocycles. The molecule has 184 valence electrons. The number of benzene rings is 2. The number of anilines is 1. The zero-order valence-electron chi connectivity index (χ0n) is 18.9. The molecule has 2 atom stereocenters. The number of nitrogens with zero attached hydrogens (tertiary/aromatic N) is 5. The Hall–Kier alpha value is -3.89. The van der Waals surface area contributed by atoms with Crippen molar-refractivity contribution >= 4 is 33.5 Å². The van der Waals surface area contributed by atoms with Crippen LogP contribution in [0.3, 0.4) is 0 Å².